The van der Waals surface area contributed by atoms with Crippen LogP contribution in [0.1, 0.15) is 24.0 Å². The van der Waals surface area contributed by atoms with Crippen molar-refractivity contribution in [1.82, 2.24) is 0 Å². The summed E-state index contributed by atoms with van der Waals surface area (Å²) in [5, 5.41) is 0.897. The van der Waals surface area contributed by atoms with Gasteiger partial charge in [-0.1, -0.05) is 42.5 Å². The fourth-order valence-corrected chi connectivity index (χ4v) is 2.78. The van der Waals surface area contributed by atoms with Gasteiger partial charge in [0.1, 0.15) is 0 Å². The Balaban J connectivity index is 2.51. The third kappa shape index (κ3) is 3.26. The molecule has 1 nitrogen and oxygen atoms in total. The van der Waals surface area contributed by atoms with E-state index in [4.69, 9.17) is 0 Å². The lowest BCUT2D eigenvalue weighted by Crippen LogP contribution is -2.21. The number of hydrogen-bond donors (Lipinski definition) is 1. The third-order valence-electron chi connectivity index (χ3n) is 3.37. The van der Waals surface area contributed by atoms with Crippen molar-refractivity contribution in [3.05, 3.63) is 77.0 Å². The molecular weight excluding hydrogens is 262 g/mol. The number of allylic oxidation sites excluding steroid dienone is 6. The highest BCUT2D eigenvalue weighted by molar-refractivity contribution is 7.84. The van der Waals surface area contributed by atoms with Crippen LogP contribution in [0.5, 0.6) is 0 Å². The predicted octanol–water partition coefficient (Wildman–Crippen LogP) is 5.30. The molecule has 1 aromatic rings. The van der Waals surface area contributed by atoms with Crippen LogP contribution >= 0.6 is 12.6 Å². The van der Waals surface area contributed by atoms with Gasteiger partial charge in [-0.2, -0.15) is 0 Å². The van der Waals surface area contributed by atoms with E-state index in [0.717, 1.165) is 17.9 Å². The highest BCUT2D eigenvalue weighted by Gasteiger charge is 2.16. The van der Waals surface area contributed by atoms with Crippen LogP contribution in [0.25, 0.3) is 0 Å². The van der Waals surface area contributed by atoms with Crippen LogP contribution in [-0.2, 0) is 0 Å². The van der Waals surface area contributed by atoms with Crippen LogP contribution in [0.4, 0.5) is 5.69 Å². The van der Waals surface area contributed by atoms with Crippen molar-refractivity contribution in [3.8, 4) is 0 Å². The predicted molar refractivity (Wildman–Crippen MR) is 92.1 cm³/mol. The summed E-state index contributed by atoms with van der Waals surface area (Å²) >= 11 is 4.65. The van der Waals surface area contributed by atoms with Crippen LogP contribution in [0.3, 0.4) is 0 Å². The molecule has 2 rings (SSSR count). The summed E-state index contributed by atoms with van der Waals surface area (Å²) in [7, 11) is 0. The van der Waals surface area contributed by atoms with E-state index in [2.05, 4.69) is 74.4 Å². The largest absolute Gasteiger partial charge is 0.309 e. The zero-order valence-corrected chi connectivity index (χ0v) is 13.0. The van der Waals surface area contributed by atoms with Gasteiger partial charge in [0.15, 0.2) is 0 Å². The minimum absolute atomic E-state index is 0.897. The highest BCUT2D eigenvalue weighted by atomic mass is 32.1. The van der Waals surface area contributed by atoms with E-state index in [-0.39, 0.29) is 0 Å². The zero-order chi connectivity index (χ0) is 14.5. The molecular formula is C18H21NS. The Morgan fingerprint density at radius 2 is 2.15 bits per heavy atom. The van der Waals surface area contributed by atoms with Gasteiger partial charge in [0.2, 0.25) is 0 Å². The third-order valence-corrected chi connectivity index (χ3v) is 3.72. The minimum Gasteiger partial charge on any atom is -0.309 e. The quantitative estimate of drug-likeness (QED) is 0.579. The second-order valence-corrected chi connectivity index (χ2v) is 5.47. The molecule has 0 bridgehead atoms. The maximum absolute atomic E-state index is 4.65. The van der Waals surface area contributed by atoms with Gasteiger partial charge in [-0.25, -0.2) is 0 Å². The summed E-state index contributed by atoms with van der Waals surface area (Å²) in [6.45, 7) is 8.03. The molecule has 0 fully saturated rings. The number of hydrogen-bond acceptors (Lipinski definition) is 2. The Hall–Kier alpha value is -1.67. The molecule has 1 aliphatic carbocycles. The molecule has 0 saturated heterocycles. The Morgan fingerprint density at radius 1 is 1.35 bits per heavy atom. The normalized spacial score (nSPS) is 14.9. The van der Waals surface area contributed by atoms with E-state index in [9.17, 15) is 0 Å². The monoisotopic (exact) mass is 283 g/mol. The number of nitrogens with zero attached hydrogens (tertiary/aromatic N) is 1. The average molecular weight is 283 g/mol. The summed E-state index contributed by atoms with van der Waals surface area (Å²) in [6.07, 6.45) is 12.3. The van der Waals surface area contributed by atoms with Gasteiger partial charge in [-0.05, 0) is 50.5 Å². The second-order valence-electron chi connectivity index (χ2n) is 5.01. The Morgan fingerprint density at radius 3 is 2.75 bits per heavy atom. The molecule has 0 aliphatic heterocycles. The van der Waals surface area contributed by atoms with E-state index in [0.29, 0.717) is 0 Å². The zero-order valence-electron chi connectivity index (χ0n) is 12.1. The standard InChI is InChI=1S/C18H21NS/c1-4-8-18(20)19(16-9-6-5-7-10-16)17-12-11-14(2)13-15(17)3/h4-6,8-9,11-13,20H,1,7,10H2,2-3H3/b18-8-. The van der Waals surface area contributed by atoms with Crippen molar-refractivity contribution < 1.29 is 0 Å². The van der Waals surface area contributed by atoms with Gasteiger partial charge in [0, 0.05) is 11.4 Å². The maximum atomic E-state index is 4.65. The maximum Gasteiger partial charge on any atom is 0.0764 e. The van der Waals surface area contributed by atoms with Crippen LogP contribution < -0.4 is 4.90 Å². The van der Waals surface area contributed by atoms with Crippen LogP contribution in [0.2, 0.25) is 0 Å². The fourth-order valence-electron chi connectivity index (χ4n) is 2.44. The fraction of sp³-hybridized carbons (Fsp3) is 0.222. The first-order valence-electron chi connectivity index (χ1n) is 6.88. The lowest BCUT2D eigenvalue weighted by molar-refractivity contribution is 0.908. The molecule has 1 aliphatic rings. The average Bonchev–Trinajstić information content (AvgIpc) is 2.43. The molecule has 2 heteroatoms. The minimum atomic E-state index is 0.897. The molecule has 0 spiro atoms. The second kappa shape index (κ2) is 6.67. The SMILES string of the molecule is C=C/C=C(\S)N(C1=CC=CCC1)c1ccc(C)cc1C. The summed E-state index contributed by atoms with van der Waals surface area (Å²) < 4.78 is 0. The topological polar surface area (TPSA) is 3.24 Å². The first-order valence-corrected chi connectivity index (χ1v) is 7.33. The van der Waals surface area contributed by atoms with Crippen LogP contribution in [-0.4, -0.2) is 0 Å². The molecule has 0 radical (unpaired) electrons. The van der Waals surface area contributed by atoms with Crippen molar-refractivity contribution >= 4 is 18.3 Å². The summed E-state index contributed by atoms with van der Waals surface area (Å²) in [4.78, 5) is 2.21. The van der Waals surface area contributed by atoms with Crippen molar-refractivity contribution in [2.75, 3.05) is 4.90 Å². The molecule has 104 valence electrons. The number of thiol groups is 1. The van der Waals surface area contributed by atoms with Gasteiger partial charge >= 0.3 is 0 Å². The number of aryl methyl sites for hydroxylation is 2. The van der Waals surface area contributed by atoms with Gasteiger partial charge in [-0.15, -0.1) is 12.6 Å². The Bertz CT molecular complexity index is 593. The lowest BCUT2D eigenvalue weighted by Gasteiger charge is -2.30. The lowest BCUT2D eigenvalue weighted by atomic mass is 10.1. The Labute approximate surface area is 127 Å². The van der Waals surface area contributed by atoms with E-state index < -0.39 is 0 Å². The summed E-state index contributed by atoms with van der Waals surface area (Å²) in [5.74, 6) is 0. The van der Waals surface area contributed by atoms with Crippen molar-refractivity contribution in [1.29, 1.82) is 0 Å². The van der Waals surface area contributed by atoms with Crippen LogP contribution in [0.15, 0.2) is 65.9 Å². The number of benzene rings is 1. The molecule has 0 heterocycles. The highest BCUT2D eigenvalue weighted by Crippen LogP contribution is 2.32. The van der Waals surface area contributed by atoms with Crippen molar-refractivity contribution in [3.63, 3.8) is 0 Å². The van der Waals surface area contributed by atoms with Gasteiger partial charge in [0.05, 0.1) is 5.03 Å². The molecule has 20 heavy (non-hydrogen) atoms. The first kappa shape index (κ1) is 14.7. The van der Waals surface area contributed by atoms with Crippen LogP contribution in [0, 0.1) is 13.8 Å². The van der Waals surface area contributed by atoms with E-state index in [1.165, 1.54) is 22.5 Å². The molecule has 0 saturated carbocycles. The number of rotatable bonds is 4. The van der Waals surface area contributed by atoms with E-state index in [1.54, 1.807) is 6.08 Å². The molecule has 1 aromatic carbocycles. The summed E-state index contributed by atoms with van der Waals surface area (Å²) in [5.41, 5.74) is 4.98. The van der Waals surface area contributed by atoms with Crippen molar-refractivity contribution in [2.45, 2.75) is 26.7 Å². The summed E-state index contributed by atoms with van der Waals surface area (Å²) in [6, 6.07) is 6.51. The van der Waals surface area contributed by atoms with Gasteiger partial charge < -0.3 is 4.90 Å². The van der Waals surface area contributed by atoms with Gasteiger partial charge in [-0.3, -0.25) is 0 Å². The molecule has 0 amide bonds. The van der Waals surface area contributed by atoms with E-state index >= 15 is 0 Å². The molecule has 0 N–H and O–H groups in total. The molecule has 0 aromatic heterocycles. The Kier molecular flexibility index (Phi) is 4.91. The number of anilines is 1. The first-order chi connectivity index (χ1) is 9.63. The molecule has 0 unspecified atom stereocenters. The van der Waals surface area contributed by atoms with E-state index in [1.807, 2.05) is 6.08 Å². The van der Waals surface area contributed by atoms with Gasteiger partial charge in [0.25, 0.3) is 0 Å². The molecule has 0 atom stereocenters. The van der Waals surface area contributed by atoms with Crippen molar-refractivity contribution in [2.24, 2.45) is 0 Å². The smallest absolute Gasteiger partial charge is 0.0764 e.